The summed E-state index contributed by atoms with van der Waals surface area (Å²) in [4.78, 5) is 14.1. The molecule has 1 fully saturated rings. The van der Waals surface area contributed by atoms with E-state index in [4.69, 9.17) is 16.3 Å². The van der Waals surface area contributed by atoms with Crippen LogP contribution in [0.2, 0.25) is 5.02 Å². The Morgan fingerprint density at radius 1 is 1.72 bits per heavy atom. The lowest BCUT2D eigenvalue weighted by Crippen LogP contribution is -2.41. The quantitative estimate of drug-likeness (QED) is 0.675. The van der Waals surface area contributed by atoms with Crippen molar-refractivity contribution in [2.75, 3.05) is 11.9 Å². The zero-order chi connectivity index (χ0) is 13.3. The standard InChI is InChI=1S/C11H14ClN3O3/c1-7-11(2,3-4-18-7)14-10-9(12)5-8(6-13-10)15(16)17/h5-7H,3-4H2,1-2H3,(H,13,14)/t7-,11-/m0/s1. The molecule has 2 heterocycles. The van der Waals surface area contributed by atoms with Gasteiger partial charge in [-0.3, -0.25) is 10.1 Å². The smallest absolute Gasteiger partial charge is 0.289 e. The Bertz CT molecular complexity index is 483. The van der Waals surface area contributed by atoms with E-state index < -0.39 is 4.92 Å². The summed E-state index contributed by atoms with van der Waals surface area (Å²) in [5.41, 5.74) is -0.376. The molecule has 98 valence electrons. The zero-order valence-corrected chi connectivity index (χ0v) is 10.9. The zero-order valence-electron chi connectivity index (χ0n) is 10.1. The van der Waals surface area contributed by atoms with Gasteiger partial charge in [-0.2, -0.15) is 0 Å². The number of nitro groups is 1. The fourth-order valence-corrected chi connectivity index (χ4v) is 2.10. The van der Waals surface area contributed by atoms with Crippen LogP contribution in [0.1, 0.15) is 20.3 Å². The first-order chi connectivity index (χ1) is 8.42. The third kappa shape index (κ3) is 2.39. The van der Waals surface area contributed by atoms with Gasteiger partial charge in [-0.1, -0.05) is 11.6 Å². The SMILES string of the molecule is C[C@@H]1OCC[C@]1(C)Nc1ncc([N+](=O)[O-])cc1Cl. The highest BCUT2D eigenvalue weighted by atomic mass is 35.5. The van der Waals surface area contributed by atoms with Crippen molar-refractivity contribution < 1.29 is 9.66 Å². The summed E-state index contributed by atoms with van der Waals surface area (Å²) in [5, 5.41) is 14.0. The molecule has 0 saturated carbocycles. The van der Waals surface area contributed by atoms with Gasteiger partial charge in [-0.15, -0.1) is 0 Å². The van der Waals surface area contributed by atoms with Crippen molar-refractivity contribution in [3.05, 3.63) is 27.4 Å². The number of hydrogen-bond donors (Lipinski definition) is 1. The van der Waals surface area contributed by atoms with E-state index in [1.54, 1.807) is 0 Å². The van der Waals surface area contributed by atoms with Crippen LogP contribution >= 0.6 is 11.6 Å². The van der Waals surface area contributed by atoms with Gasteiger partial charge < -0.3 is 10.1 Å². The molecule has 1 aromatic heterocycles. The Hall–Kier alpha value is -1.40. The molecule has 0 spiro atoms. The Kier molecular flexibility index (Phi) is 3.41. The normalized spacial score (nSPS) is 27.2. The maximum atomic E-state index is 10.6. The maximum Gasteiger partial charge on any atom is 0.289 e. The predicted octanol–water partition coefficient (Wildman–Crippen LogP) is 2.62. The molecule has 0 aromatic carbocycles. The van der Waals surface area contributed by atoms with Crippen molar-refractivity contribution in [1.82, 2.24) is 4.98 Å². The van der Waals surface area contributed by atoms with Crippen molar-refractivity contribution in [2.45, 2.75) is 31.9 Å². The first kappa shape index (κ1) is 13.0. The highest BCUT2D eigenvalue weighted by molar-refractivity contribution is 6.33. The number of nitrogens with one attached hydrogen (secondary N) is 1. The van der Waals surface area contributed by atoms with Crippen LogP contribution in [0.3, 0.4) is 0 Å². The molecule has 18 heavy (non-hydrogen) atoms. The number of nitrogens with zero attached hydrogens (tertiary/aromatic N) is 2. The third-order valence-corrected chi connectivity index (χ3v) is 3.62. The molecule has 0 unspecified atom stereocenters. The van der Waals surface area contributed by atoms with Gasteiger partial charge in [0.05, 0.1) is 21.6 Å². The van der Waals surface area contributed by atoms with Crippen molar-refractivity contribution in [3.8, 4) is 0 Å². The molecule has 1 N–H and O–H groups in total. The molecule has 0 aliphatic carbocycles. The van der Waals surface area contributed by atoms with E-state index >= 15 is 0 Å². The molecular formula is C11H14ClN3O3. The van der Waals surface area contributed by atoms with E-state index in [9.17, 15) is 10.1 Å². The van der Waals surface area contributed by atoms with Gasteiger partial charge in [0, 0.05) is 12.7 Å². The fourth-order valence-electron chi connectivity index (χ4n) is 1.89. The second-order valence-corrected chi connectivity index (χ2v) is 4.99. The van der Waals surface area contributed by atoms with Crippen LogP contribution in [-0.2, 0) is 4.74 Å². The lowest BCUT2D eigenvalue weighted by atomic mass is 9.95. The molecule has 6 nitrogen and oxygen atoms in total. The molecule has 2 rings (SSSR count). The molecular weight excluding hydrogens is 258 g/mol. The number of aromatic nitrogens is 1. The molecule has 0 amide bonds. The molecule has 2 atom stereocenters. The Morgan fingerprint density at radius 2 is 2.44 bits per heavy atom. The molecule has 1 saturated heterocycles. The summed E-state index contributed by atoms with van der Waals surface area (Å²) in [6.07, 6.45) is 2.06. The van der Waals surface area contributed by atoms with Crippen LogP contribution in [-0.4, -0.2) is 28.2 Å². The average Bonchev–Trinajstić information content (AvgIpc) is 2.62. The van der Waals surface area contributed by atoms with Crippen molar-refractivity contribution >= 4 is 23.1 Å². The second-order valence-electron chi connectivity index (χ2n) is 4.59. The molecule has 0 radical (unpaired) electrons. The third-order valence-electron chi connectivity index (χ3n) is 3.33. The lowest BCUT2D eigenvalue weighted by Gasteiger charge is -2.29. The molecule has 7 heteroatoms. The molecule has 1 aliphatic rings. The molecule has 1 aromatic rings. The number of ether oxygens (including phenoxy) is 1. The van der Waals surface area contributed by atoms with Crippen LogP contribution in [0.15, 0.2) is 12.3 Å². The van der Waals surface area contributed by atoms with E-state index in [-0.39, 0.29) is 22.4 Å². The first-order valence-corrected chi connectivity index (χ1v) is 6.00. The van der Waals surface area contributed by atoms with E-state index in [1.807, 2.05) is 13.8 Å². The van der Waals surface area contributed by atoms with Gasteiger partial charge in [0.1, 0.15) is 12.0 Å². The molecule has 0 bridgehead atoms. The number of hydrogen-bond acceptors (Lipinski definition) is 5. The summed E-state index contributed by atoms with van der Waals surface area (Å²) in [5.74, 6) is 0.446. The monoisotopic (exact) mass is 271 g/mol. The minimum Gasteiger partial charge on any atom is -0.376 e. The van der Waals surface area contributed by atoms with Crippen molar-refractivity contribution in [2.24, 2.45) is 0 Å². The van der Waals surface area contributed by atoms with Crippen molar-refractivity contribution in [1.29, 1.82) is 0 Å². The van der Waals surface area contributed by atoms with Crippen LogP contribution in [0.4, 0.5) is 11.5 Å². The summed E-state index contributed by atoms with van der Waals surface area (Å²) < 4.78 is 5.50. The lowest BCUT2D eigenvalue weighted by molar-refractivity contribution is -0.385. The Balaban J connectivity index is 2.22. The van der Waals surface area contributed by atoms with E-state index in [2.05, 4.69) is 10.3 Å². The van der Waals surface area contributed by atoms with E-state index in [1.165, 1.54) is 12.3 Å². The number of pyridine rings is 1. The fraction of sp³-hybridized carbons (Fsp3) is 0.545. The summed E-state index contributed by atoms with van der Waals surface area (Å²) in [6.45, 7) is 4.67. The van der Waals surface area contributed by atoms with E-state index in [0.717, 1.165) is 6.42 Å². The van der Waals surface area contributed by atoms with Gasteiger partial charge >= 0.3 is 0 Å². The average molecular weight is 272 g/mol. The second kappa shape index (κ2) is 4.70. The Morgan fingerprint density at radius 3 is 2.94 bits per heavy atom. The summed E-state index contributed by atoms with van der Waals surface area (Å²) in [7, 11) is 0. The minimum atomic E-state index is -0.522. The minimum absolute atomic E-state index is 0.0329. The maximum absolute atomic E-state index is 10.6. The van der Waals surface area contributed by atoms with Gasteiger partial charge in [0.2, 0.25) is 0 Å². The highest BCUT2D eigenvalue weighted by Gasteiger charge is 2.37. The highest BCUT2D eigenvalue weighted by Crippen LogP contribution is 2.32. The first-order valence-electron chi connectivity index (χ1n) is 5.62. The van der Waals surface area contributed by atoms with Crippen LogP contribution in [0.25, 0.3) is 0 Å². The topological polar surface area (TPSA) is 77.3 Å². The van der Waals surface area contributed by atoms with Gasteiger partial charge in [-0.25, -0.2) is 4.98 Å². The number of rotatable bonds is 3. The van der Waals surface area contributed by atoms with Gasteiger partial charge in [0.25, 0.3) is 5.69 Å². The number of halogens is 1. The predicted molar refractivity (Wildman–Crippen MR) is 68.0 cm³/mol. The molecule has 1 aliphatic heterocycles. The largest absolute Gasteiger partial charge is 0.376 e. The van der Waals surface area contributed by atoms with Crippen LogP contribution < -0.4 is 5.32 Å². The van der Waals surface area contributed by atoms with E-state index in [0.29, 0.717) is 12.4 Å². The van der Waals surface area contributed by atoms with Crippen LogP contribution in [0, 0.1) is 10.1 Å². The van der Waals surface area contributed by atoms with Gasteiger partial charge in [0.15, 0.2) is 0 Å². The summed E-state index contributed by atoms with van der Waals surface area (Å²) >= 11 is 5.99. The summed E-state index contributed by atoms with van der Waals surface area (Å²) in [6, 6.07) is 1.29. The number of anilines is 1. The Labute approximate surface area is 109 Å². The van der Waals surface area contributed by atoms with Crippen molar-refractivity contribution in [3.63, 3.8) is 0 Å². The van der Waals surface area contributed by atoms with Crippen LogP contribution in [0.5, 0.6) is 0 Å². The van der Waals surface area contributed by atoms with Gasteiger partial charge in [-0.05, 0) is 20.3 Å².